The molecule has 0 radical (unpaired) electrons. The standard InChI is InChI=1S/C38H64O8/c1-4-5-17-24-33(39)25-19-14-11-12-15-20-26-35(41)36(42)27-22-29-38(44)46-31-34(40)30-45-37(43)28-21-16-10-8-6-7-9-13-18-23-32(2)3/h5,11-12,14-15,17,19-20,25-26,32-36,39-42H,4,6-10,13,16,18,21-24,27-31H2,1-3H3/b14-11+,15-12-,17-5-,25-19+,26-20-/t33-,34+,35+,36+/m1/s1. The number of carbonyl (C=O) groups is 2. The number of hydrogen-bond donors (Lipinski definition) is 4. The summed E-state index contributed by atoms with van der Waals surface area (Å²) in [5, 5.41) is 39.9. The van der Waals surface area contributed by atoms with E-state index in [-0.39, 0.29) is 32.0 Å². The van der Waals surface area contributed by atoms with Crippen molar-refractivity contribution in [3.05, 3.63) is 60.8 Å². The van der Waals surface area contributed by atoms with Gasteiger partial charge in [0.1, 0.15) is 19.3 Å². The number of unbranched alkanes of at least 4 members (excludes halogenated alkanes) is 8. The molecule has 0 unspecified atom stereocenters. The molecule has 8 heteroatoms. The molecule has 0 fully saturated rings. The molecule has 0 spiro atoms. The molecule has 0 rings (SSSR count). The topological polar surface area (TPSA) is 134 Å². The number of esters is 2. The van der Waals surface area contributed by atoms with Gasteiger partial charge in [0.05, 0.1) is 18.3 Å². The van der Waals surface area contributed by atoms with Crippen molar-refractivity contribution in [1.82, 2.24) is 0 Å². The quantitative estimate of drug-likeness (QED) is 0.0289. The van der Waals surface area contributed by atoms with Gasteiger partial charge in [-0.3, -0.25) is 9.59 Å². The first-order valence-corrected chi connectivity index (χ1v) is 17.5. The maximum Gasteiger partial charge on any atom is 0.305 e. The van der Waals surface area contributed by atoms with Crippen LogP contribution in [0, 0.1) is 5.92 Å². The van der Waals surface area contributed by atoms with Gasteiger partial charge in [-0.25, -0.2) is 0 Å². The van der Waals surface area contributed by atoms with Crippen LogP contribution in [0.4, 0.5) is 0 Å². The third kappa shape index (κ3) is 30.2. The van der Waals surface area contributed by atoms with E-state index in [0.29, 0.717) is 19.3 Å². The summed E-state index contributed by atoms with van der Waals surface area (Å²) < 4.78 is 10.1. The van der Waals surface area contributed by atoms with E-state index in [1.165, 1.54) is 51.0 Å². The van der Waals surface area contributed by atoms with E-state index in [1.807, 2.05) is 19.1 Å². The first-order chi connectivity index (χ1) is 22.1. The molecule has 46 heavy (non-hydrogen) atoms. The predicted octanol–water partition coefficient (Wildman–Crippen LogP) is 7.21. The van der Waals surface area contributed by atoms with Crippen LogP contribution < -0.4 is 0 Å². The number of hydrogen-bond acceptors (Lipinski definition) is 8. The number of aliphatic hydroxyl groups excluding tert-OH is 4. The van der Waals surface area contributed by atoms with Crippen molar-refractivity contribution in [2.45, 2.75) is 148 Å². The minimum absolute atomic E-state index is 0.0277. The van der Waals surface area contributed by atoms with Gasteiger partial charge >= 0.3 is 11.9 Å². The molecular formula is C38H64O8. The number of carbonyl (C=O) groups excluding carboxylic acids is 2. The summed E-state index contributed by atoms with van der Waals surface area (Å²) in [6.45, 7) is 6.09. The zero-order chi connectivity index (χ0) is 34.3. The molecule has 0 heterocycles. The van der Waals surface area contributed by atoms with Gasteiger partial charge < -0.3 is 29.9 Å². The number of aliphatic hydroxyl groups is 4. The van der Waals surface area contributed by atoms with E-state index in [2.05, 4.69) is 13.8 Å². The highest BCUT2D eigenvalue weighted by Gasteiger charge is 2.15. The molecule has 0 amide bonds. The molecule has 0 aromatic rings. The van der Waals surface area contributed by atoms with Crippen LogP contribution in [-0.4, -0.2) is 70.0 Å². The van der Waals surface area contributed by atoms with Crippen molar-refractivity contribution in [2.24, 2.45) is 5.92 Å². The first-order valence-electron chi connectivity index (χ1n) is 17.5. The lowest BCUT2D eigenvalue weighted by Gasteiger charge is -2.14. The van der Waals surface area contributed by atoms with E-state index in [4.69, 9.17) is 9.47 Å². The van der Waals surface area contributed by atoms with Crippen LogP contribution in [0.3, 0.4) is 0 Å². The van der Waals surface area contributed by atoms with Crippen LogP contribution in [0.5, 0.6) is 0 Å². The summed E-state index contributed by atoms with van der Waals surface area (Å²) in [7, 11) is 0. The molecule has 0 bridgehead atoms. The SMILES string of the molecule is CC/C=C\C[C@@H](O)/C=C/C=C/C=C\C=C/[C@H](O)[C@@H](O)CCCC(=O)OC[C@@H](O)COC(=O)CCCCCCCCCCCC(C)C. The Morgan fingerprint density at radius 3 is 1.67 bits per heavy atom. The lowest BCUT2D eigenvalue weighted by atomic mass is 10.0. The average molecular weight is 649 g/mol. The molecule has 4 N–H and O–H groups in total. The van der Waals surface area contributed by atoms with Crippen LogP contribution in [0.1, 0.15) is 124 Å². The van der Waals surface area contributed by atoms with Gasteiger partial charge in [-0.05, 0) is 38.0 Å². The number of allylic oxidation sites excluding steroid dienone is 7. The lowest BCUT2D eigenvalue weighted by molar-refractivity contribution is -0.152. The molecule has 0 aromatic carbocycles. The summed E-state index contributed by atoms with van der Waals surface area (Å²) in [5.41, 5.74) is 0. The monoisotopic (exact) mass is 648 g/mol. The van der Waals surface area contributed by atoms with Gasteiger partial charge in [0.15, 0.2) is 0 Å². The Balaban J connectivity index is 3.86. The van der Waals surface area contributed by atoms with E-state index in [1.54, 1.807) is 42.5 Å². The highest BCUT2D eigenvalue weighted by Crippen LogP contribution is 2.14. The Labute approximate surface area is 279 Å². The smallest absolute Gasteiger partial charge is 0.305 e. The number of rotatable bonds is 29. The van der Waals surface area contributed by atoms with Gasteiger partial charge in [-0.1, -0.05) is 139 Å². The predicted molar refractivity (Wildman–Crippen MR) is 186 cm³/mol. The van der Waals surface area contributed by atoms with Crippen LogP contribution in [0.15, 0.2) is 60.8 Å². The van der Waals surface area contributed by atoms with Gasteiger partial charge in [0.2, 0.25) is 0 Å². The van der Waals surface area contributed by atoms with Crippen LogP contribution in [-0.2, 0) is 19.1 Å². The maximum atomic E-state index is 12.0. The maximum absolute atomic E-state index is 12.0. The first kappa shape index (κ1) is 43.5. The summed E-state index contributed by atoms with van der Waals surface area (Å²) in [4.78, 5) is 23.9. The zero-order valence-electron chi connectivity index (χ0n) is 28.8. The molecule has 0 saturated heterocycles. The number of ether oxygens (including phenoxy) is 2. The lowest BCUT2D eigenvalue weighted by Crippen LogP contribution is -2.26. The van der Waals surface area contributed by atoms with E-state index >= 15 is 0 Å². The Morgan fingerprint density at radius 2 is 1.11 bits per heavy atom. The largest absolute Gasteiger partial charge is 0.463 e. The fourth-order valence-corrected chi connectivity index (χ4v) is 4.49. The van der Waals surface area contributed by atoms with E-state index in [0.717, 1.165) is 31.6 Å². The summed E-state index contributed by atoms with van der Waals surface area (Å²) >= 11 is 0. The Bertz CT molecular complexity index is 889. The molecular weight excluding hydrogens is 584 g/mol. The van der Waals surface area contributed by atoms with Crippen molar-refractivity contribution in [3.8, 4) is 0 Å². The van der Waals surface area contributed by atoms with Crippen LogP contribution >= 0.6 is 0 Å². The van der Waals surface area contributed by atoms with Crippen molar-refractivity contribution in [1.29, 1.82) is 0 Å². The normalized spacial score (nSPS) is 15.1. The fourth-order valence-electron chi connectivity index (χ4n) is 4.49. The minimum Gasteiger partial charge on any atom is -0.463 e. The van der Waals surface area contributed by atoms with Crippen molar-refractivity contribution < 1.29 is 39.5 Å². The molecule has 264 valence electrons. The van der Waals surface area contributed by atoms with Gasteiger partial charge in [0.25, 0.3) is 0 Å². The Hall–Kier alpha value is -2.52. The van der Waals surface area contributed by atoms with Gasteiger partial charge in [-0.15, -0.1) is 0 Å². The van der Waals surface area contributed by atoms with Gasteiger partial charge in [0, 0.05) is 12.8 Å². The highest BCUT2D eigenvalue weighted by atomic mass is 16.6. The average Bonchev–Trinajstić information content (AvgIpc) is 3.02. The molecule has 0 aliphatic carbocycles. The van der Waals surface area contributed by atoms with Crippen molar-refractivity contribution >= 4 is 11.9 Å². The van der Waals surface area contributed by atoms with Crippen LogP contribution in [0.2, 0.25) is 0 Å². The fraction of sp³-hybridized carbons (Fsp3) is 0.684. The summed E-state index contributed by atoms with van der Waals surface area (Å²) in [6, 6.07) is 0. The second kappa shape index (κ2) is 31.1. The molecule has 0 aromatic heterocycles. The third-order valence-electron chi connectivity index (χ3n) is 7.29. The summed E-state index contributed by atoms with van der Waals surface area (Å²) in [6.07, 6.45) is 28.1. The molecule has 0 saturated carbocycles. The second-order valence-electron chi connectivity index (χ2n) is 12.3. The molecule has 8 nitrogen and oxygen atoms in total. The highest BCUT2D eigenvalue weighted by molar-refractivity contribution is 5.69. The minimum atomic E-state index is -1.09. The summed E-state index contributed by atoms with van der Waals surface area (Å²) in [5.74, 6) is -0.0977. The zero-order valence-corrected chi connectivity index (χ0v) is 28.8. The third-order valence-corrected chi connectivity index (χ3v) is 7.29. The molecule has 4 atom stereocenters. The Kier molecular flexibility index (Phi) is 29.4. The van der Waals surface area contributed by atoms with E-state index in [9.17, 15) is 30.0 Å². The van der Waals surface area contributed by atoms with Crippen LogP contribution in [0.25, 0.3) is 0 Å². The second-order valence-corrected chi connectivity index (χ2v) is 12.3. The van der Waals surface area contributed by atoms with Crippen molar-refractivity contribution in [2.75, 3.05) is 13.2 Å². The Morgan fingerprint density at radius 1 is 0.609 bits per heavy atom. The van der Waals surface area contributed by atoms with E-state index < -0.39 is 30.4 Å². The molecule has 0 aliphatic rings. The van der Waals surface area contributed by atoms with Gasteiger partial charge in [-0.2, -0.15) is 0 Å². The molecule has 0 aliphatic heterocycles. The van der Waals surface area contributed by atoms with Crippen molar-refractivity contribution in [3.63, 3.8) is 0 Å².